The third-order valence-corrected chi connectivity index (χ3v) is 4.36. The molecular weight excluding hydrogens is 337 g/mol. The van der Waals surface area contributed by atoms with E-state index in [2.05, 4.69) is 21.2 Å². The molecule has 1 aliphatic rings. The molecule has 1 aromatic rings. The highest BCUT2D eigenvalue weighted by Crippen LogP contribution is 2.20. The molecule has 21 heavy (non-hydrogen) atoms. The fourth-order valence-electron chi connectivity index (χ4n) is 2.56. The zero-order valence-electron chi connectivity index (χ0n) is 12.0. The molecule has 2 rings (SSSR count). The lowest BCUT2D eigenvalue weighted by molar-refractivity contribution is 0.0273. The first-order valence-electron chi connectivity index (χ1n) is 7.52. The standard InChI is InChI=1S/C16H21BrFNO2/c17-13-8-4-9-14(18)15(13)16(20)19-10-5-11-21-12-6-2-1-3-7-12/h4,8-9,12H,1-3,5-7,10-11H2,(H,19,20). The molecule has 0 bridgehead atoms. The molecule has 0 radical (unpaired) electrons. The van der Waals surface area contributed by atoms with E-state index in [1.807, 2.05) is 0 Å². The van der Waals surface area contributed by atoms with Crippen LogP contribution in [0, 0.1) is 5.82 Å². The number of amides is 1. The van der Waals surface area contributed by atoms with Crippen LogP contribution < -0.4 is 5.32 Å². The summed E-state index contributed by atoms with van der Waals surface area (Å²) in [6.45, 7) is 1.13. The molecule has 0 aliphatic heterocycles. The topological polar surface area (TPSA) is 38.3 Å². The molecule has 1 N–H and O–H groups in total. The predicted octanol–water partition coefficient (Wildman–Crippen LogP) is 4.06. The summed E-state index contributed by atoms with van der Waals surface area (Å²) in [6.07, 6.45) is 7.24. The quantitative estimate of drug-likeness (QED) is 0.779. The Bertz CT molecular complexity index is 455. The molecule has 1 aliphatic carbocycles. The average Bonchev–Trinajstić information content (AvgIpc) is 2.48. The van der Waals surface area contributed by atoms with Gasteiger partial charge in [0, 0.05) is 17.6 Å². The van der Waals surface area contributed by atoms with Gasteiger partial charge in [-0.15, -0.1) is 0 Å². The highest BCUT2D eigenvalue weighted by molar-refractivity contribution is 9.10. The first-order valence-corrected chi connectivity index (χ1v) is 8.31. The summed E-state index contributed by atoms with van der Waals surface area (Å²) < 4.78 is 19.9. The molecule has 0 unspecified atom stereocenters. The lowest BCUT2D eigenvalue weighted by atomic mass is 9.98. The van der Waals surface area contributed by atoms with E-state index >= 15 is 0 Å². The number of ether oxygens (including phenoxy) is 1. The maximum Gasteiger partial charge on any atom is 0.255 e. The Morgan fingerprint density at radius 1 is 1.33 bits per heavy atom. The molecular formula is C16H21BrFNO2. The summed E-state index contributed by atoms with van der Waals surface area (Å²) in [5.74, 6) is -0.905. The van der Waals surface area contributed by atoms with E-state index in [0.29, 0.717) is 23.7 Å². The molecule has 0 atom stereocenters. The van der Waals surface area contributed by atoms with Crippen molar-refractivity contribution in [2.24, 2.45) is 0 Å². The van der Waals surface area contributed by atoms with E-state index in [0.717, 1.165) is 19.3 Å². The van der Waals surface area contributed by atoms with E-state index in [4.69, 9.17) is 4.74 Å². The van der Waals surface area contributed by atoms with Gasteiger partial charge in [0.2, 0.25) is 0 Å². The monoisotopic (exact) mass is 357 g/mol. The minimum absolute atomic E-state index is 0.0608. The molecule has 116 valence electrons. The van der Waals surface area contributed by atoms with Gasteiger partial charge in [-0.3, -0.25) is 4.79 Å². The summed E-state index contributed by atoms with van der Waals surface area (Å²) >= 11 is 3.20. The lowest BCUT2D eigenvalue weighted by Crippen LogP contribution is -2.27. The molecule has 1 saturated carbocycles. The zero-order chi connectivity index (χ0) is 15.1. The van der Waals surface area contributed by atoms with E-state index in [1.165, 1.54) is 25.3 Å². The van der Waals surface area contributed by atoms with Gasteiger partial charge in [0.1, 0.15) is 5.82 Å². The third kappa shape index (κ3) is 5.08. The maximum atomic E-state index is 13.6. The molecule has 0 spiro atoms. The number of rotatable bonds is 6. The third-order valence-electron chi connectivity index (χ3n) is 3.70. The minimum Gasteiger partial charge on any atom is -0.378 e. The number of halogens is 2. The summed E-state index contributed by atoms with van der Waals surface area (Å²) in [5, 5.41) is 2.73. The van der Waals surface area contributed by atoms with Gasteiger partial charge in [-0.25, -0.2) is 4.39 Å². The van der Waals surface area contributed by atoms with Gasteiger partial charge in [0.05, 0.1) is 11.7 Å². The van der Waals surface area contributed by atoms with Gasteiger partial charge in [0.25, 0.3) is 5.91 Å². The Morgan fingerprint density at radius 3 is 2.81 bits per heavy atom. The van der Waals surface area contributed by atoms with Crippen molar-refractivity contribution in [2.75, 3.05) is 13.2 Å². The van der Waals surface area contributed by atoms with Crippen LogP contribution in [0.4, 0.5) is 4.39 Å². The Kier molecular flexibility index (Phi) is 6.64. The Labute approximate surface area is 133 Å². The van der Waals surface area contributed by atoms with Crippen LogP contribution in [0.1, 0.15) is 48.9 Å². The second kappa shape index (κ2) is 8.49. The van der Waals surface area contributed by atoms with Crippen LogP contribution >= 0.6 is 15.9 Å². The van der Waals surface area contributed by atoms with Gasteiger partial charge in [-0.2, -0.15) is 0 Å². The summed E-state index contributed by atoms with van der Waals surface area (Å²) in [5.41, 5.74) is 0.0608. The normalized spacial score (nSPS) is 15.9. The zero-order valence-corrected chi connectivity index (χ0v) is 13.6. The van der Waals surface area contributed by atoms with E-state index in [-0.39, 0.29) is 5.56 Å². The van der Waals surface area contributed by atoms with Crippen molar-refractivity contribution >= 4 is 21.8 Å². The van der Waals surface area contributed by atoms with Crippen molar-refractivity contribution in [3.8, 4) is 0 Å². The van der Waals surface area contributed by atoms with Crippen molar-refractivity contribution in [3.63, 3.8) is 0 Å². The first-order chi connectivity index (χ1) is 10.2. The second-order valence-electron chi connectivity index (χ2n) is 5.34. The van der Waals surface area contributed by atoms with Crippen LogP contribution in [-0.2, 0) is 4.74 Å². The Balaban J connectivity index is 1.67. The summed E-state index contributed by atoms with van der Waals surface area (Å²) in [4.78, 5) is 11.9. The van der Waals surface area contributed by atoms with E-state index in [1.54, 1.807) is 12.1 Å². The number of hydrogen-bond acceptors (Lipinski definition) is 2. The second-order valence-corrected chi connectivity index (χ2v) is 6.19. The van der Waals surface area contributed by atoms with E-state index < -0.39 is 11.7 Å². The van der Waals surface area contributed by atoms with Crippen molar-refractivity contribution in [3.05, 3.63) is 34.1 Å². The lowest BCUT2D eigenvalue weighted by Gasteiger charge is -2.21. The predicted molar refractivity (Wildman–Crippen MR) is 83.9 cm³/mol. The number of carbonyl (C=O) groups excluding carboxylic acids is 1. The van der Waals surface area contributed by atoms with Crippen LogP contribution in [0.25, 0.3) is 0 Å². The minimum atomic E-state index is -0.514. The Morgan fingerprint density at radius 2 is 2.10 bits per heavy atom. The SMILES string of the molecule is O=C(NCCCOC1CCCCC1)c1c(F)cccc1Br. The van der Waals surface area contributed by atoms with Crippen LogP contribution in [0.15, 0.2) is 22.7 Å². The van der Waals surface area contributed by atoms with E-state index in [9.17, 15) is 9.18 Å². The number of hydrogen-bond donors (Lipinski definition) is 1. The number of nitrogens with one attached hydrogen (secondary N) is 1. The van der Waals surface area contributed by atoms with Crippen molar-refractivity contribution in [2.45, 2.75) is 44.6 Å². The number of benzene rings is 1. The van der Waals surface area contributed by atoms with Crippen LogP contribution in [0.2, 0.25) is 0 Å². The fourth-order valence-corrected chi connectivity index (χ4v) is 3.08. The number of carbonyl (C=O) groups is 1. The molecule has 1 amide bonds. The molecule has 0 saturated heterocycles. The largest absolute Gasteiger partial charge is 0.378 e. The molecule has 5 heteroatoms. The highest BCUT2D eigenvalue weighted by atomic mass is 79.9. The van der Waals surface area contributed by atoms with Gasteiger partial charge < -0.3 is 10.1 Å². The van der Waals surface area contributed by atoms with Crippen molar-refractivity contribution < 1.29 is 13.9 Å². The molecule has 0 heterocycles. The smallest absolute Gasteiger partial charge is 0.255 e. The summed E-state index contributed by atoms with van der Waals surface area (Å²) in [6, 6.07) is 4.50. The van der Waals surface area contributed by atoms with Gasteiger partial charge in [-0.05, 0) is 47.3 Å². The van der Waals surface area contributed by atoms with Gasteiger partial charge in [-0.1, -0.05) is 25.3 Å². The molecule has 0 aromatic heterocycles. The highest BCUT2D eigenvalue weighted by Gasteiger charge is 2.15. The van der Waals surface area contributed by atoms with Crippen LogP contribution in [-0.4, -0.2) is 25.2 Å². The van der Waals surface area contributed by atoms with Gasteiger partial charge in [0.15, 0.2) is 0 Å². The van der Waals surface area contributed by atoms with Crippen molar-refractivity contribution in [1.29, 1.82) is 0 Å². The first kappa shape index (κ1) is 16.4. The average molecular weight is 358 g/mol. The molecule has 1 aromatic carbocycles. The van der Waals surface area contributed by atoms with Crippen molar-refractivity contribution in [1.82, 2.24) is 5.32 Å². The van der Waals surface area contributed by atoms with Gasteiger partial charge >= 0.3 is 0 Å². The summed E-state index contributed by atoms with van der Waals surface area (Å²) in [7, 11) is 0. The van der Waals surface area contributed by atoms with Crippen LogP contribution in [0.3, 0.4) is 0 Å². The Hall–Kier alpha value is -0.940. The fraction of sp³-hybridized carbons (Fsp3) is 0.562. The maximum absolute atomic E-state index is 13.6. The molecule has 3 nitrogen and oxygen atoms in total. The molecule has 1 fully saturated rings. The van der Waals surface area contributed by atoms with Crippen LogP contribution in [0.5, 0.6) is 0 Å².